The summed E-state index contributed by atoms with van der Waals surface area (Å²) >= 11 is 5.97. The van der Waals surface area contributed by atoms with Crippen molar-refractivity contribution in [2.45, 2.75) is 25.8 Å². The molecule has 1 rings (SSSR count). The fourth-order valence-electron chi connectivity index (χ4n) is 1.72. The average Bonchev–Trinajstić information content (AvgIpc) is 2.30. The van der Waals surface area contributed by atoms with Crippen molar-refractivity contribution in [1.29, 1.82) is 5.26 Å². The summed E-state index contributed by atoms with van der Waals surface area (Å²) in [6.45, 7) is 2.73. The van der Waals surface area contributed by atoms with Gasteiger partial charge in [-0.05, 0) is 18.6 Å². The number of rotatable bonds is 6. The normalized spacial score (nSPS) is 11.9. The lowest BCUT2D eigenvalue weighted by Gasteiger charge is -2.19. The van der Waals surface area contributed by atoms with E-state index in [0.29, 0.717) is 17.2 Å². The summed E-state index contributed by atoms with van der Waals surface area (Å²) in [5.41, 5.74) is 1.27. The summed E-state index contributed by atoms with van der Waals surface area (Å²) in [4.78, 5) is 0. The van der Waals surface area contributed by atoms with Crippen molar-refractivity contribution in [2.24, 2.45) is 0 Å². The van der Waals surface area contributed by atoms with Crippen LogP contribution in [-0.2, 0) is 4.74 Å². The van der Waals surface area contributed by atoms with Crippen LogP contribution in [0.2, 0.25) is 5.02 Å². The molecule has 3 nitrogen and oxygen atoms in total. The highest BCUT2D eigenvalue weighted by Crippen LogP contribution is 2.24. The largest absolute Gasteiger partial charge is 0.383 e. The van der Waals surface area contributed by atoms with Crippen molar-refractivity contribution in [3.8, 4) is 6.07 Å². The molecule has 0 fully saturated rings. The van der Waals surface area contributed by atoms with Crippen molar-refractivity contribution >= 4 is 17.3 Å². The van der Waals surface area contributed by atoms with Gasteiger partial charge in [-0.15, -0.1) is 0 Å². The Labute approximate surface area is 107 Å². The molecule has 0 radical (unpaired) electrons. The van der Waals surface area contributed by atoms with Gasteiger partial charge in [0.25, 0.3) is 0 Å². The van der Waals surface area contributed by atoms with Gasteiger partial charge < -0.3 is 10.1 Å². The molecule has 1 N–H and O–H groups in total. The van der Waals surface area contributed by atoms with Gasteiger partial charge in [-0.3, -0.25) is 0 Å². The zero-order chi connectivity index (χ0) is 12.7. The van der Waals surface area contributed by atoms with E-state index in [1.54, 1.807) is 13.2 Å². The standard InChI is InChI=1S/C13H17ClN2O/c1-3-5-10(9-17-2)16-13-7-4-6-12(14)11(13)8-15/h4,6-7,10,16H,3,5,9H2,1-2H3. The molecule has 92 valence electrons. The first-order chi connectivity index (χ1) is 8.22. The molecule has 0 aliphatic heterocycles. The summed E-state index contributed by atoms with van der Waals surface area (Å²) in [5, 5.41) is 12.9. The molecule has 4 heteroatoms. The molecule has 0 saturated carbocycles. The van der Waals surface area contributed by atoms with E-state index in [1.165, 1.54) is 0 Å². The number of anilines is 1. The number of nitrogens with zero attached hydrogens (tertiary/aromatic N) is 1. The lowest BCUT2D eigenvalue weighted by Crippen LogP contribution is -2.25. The van der Waals surface area contributed by atoms with Crippen LogP contribution in [0, 0.1) is 11.3 Å². The minimum Gasteiger partial charge on any atom is -0.383 e. The monoisotopic (exact) mass is 252 g/mol. The lowest BCUT2D eigenvalue weighted by molar-refractivity contribution is 0.182. The molecule has 1 aromatic carbocycles. The van der Waals surface area contributed by atoms with E-state index < -0.39 is 0 Å². The van der Waals surface area contributed by atoms with E-state index in [-0.39, 0.29) is 6.04 Å². The van der Waals surface area contributed by atoms with Crippen LogP contribution < -0.4 is 5.32 Å². The second-order valence-electron chi connectivity index (χ2n) is 3.86. The maximum atomic E-state index is 9.07. The van der Waals surface area contributed by atoms with Crippen LogP contribution in [0.3, 0.4) is 0 Å². The molecule has 0 spiro atoms. The predicted molar refractivity (Wildman–Crippen MR) is 70.4 cm³/mol. The Morgan fingerprint density at radius 3 is 2.88 bits per heavy atom. The molecule has 17 heavy (non-hydrogen) atoms. The van der Waals surface area contributed by atoms with Gasteiger partial charge in [0, 0.05) is 13.2 Å². The maximum absolute atomic E-state index is 9.07. The molecule has 1 unspecified atom stereocenters. The van der Waals surface area contributed by atoms with Gasteiger partial charge in [-0.25, -0.2) is 0 Å². The minimum atomic E-state index is 0.204. The van der Waals surface area contributed by atoms with Crippen LogP contribution in [0.1, 0.15) is 25.3 Å². The molecule has 1 atom stereocenters. The fourth-order valence-corrected chi connectivity index (χ4v) is 1.94. The van der Waals surface area contributed by atoms with E-state index in [9.17, 15) is 0 Å². The summed E-state index contributed by atoms with van der Waals surface area (Å²) in [7, 11) is 1.67. The van der Waals surface area contributed by atoms with Crippen LogP contribution in [0.4, 0.5) is 5.69 Å². The number of methoxy groups -OCH3 is 1. The van der Waals surface area contributed by atoms with Gasteiger partial charge in [-0.2, -0.15) is 5.26 Å². The van der Waals surface area contributed by atoms with Gasteiger partial charge >= 0.3 is 0 Å². The van der Waals surface area contributed by atoms with E-state index in [1.807, 2.05) is 12.1 Å². The average molecular weight is 253 g/mol. The molecule has 0 aliphatic rings. The van der Waals surface area contributed by atoms with Crippen molar-refractivity contribution in [3.05, 3.63) is 28.8 Å². The van der Waals surface area contributed by atoms with Crippen molar-refractivity contribution in [2.75, 3.05) is 19.0 Å². The van der Waals surface area contributed by atoms with Gasteiger partial charge in [0.1, 0.15) is 6.07 Å². The Morgan fingerprint density at radius 1 is 1.53 bits per heavy atom. The summed E-state index contributed by atoms with van der Waals surface area (Å²) in [6.07, 6.45) is 2.05. The molecule has 0 amide bonds. The summed E-state index contributed by atoms with van der Waals surface area (Å²) in [6, 6.07) is 7.74. The highest BCUT2D eigenvalue weighted by molar-refractivity contribution is 6.32. The first kappa shape index (κ1) is 13.8. The number of nitrogens with one attached hydrogen (secondary N) is 1. The van der Waals surface area contributed by atoms with Crippen molar-refractivity contribution in [1.82, 2.24) is 0 Å². The molecular weight excluding hydrogens is 236 g/mol. The summed E-state index contributed by atoms with van der Waals surface area (Å²) < 4.78 is 5.15. The Morgan fingerprint density at radius 2 is 2.29 bits per heavy atom. The predicted octanol–water partition coefficient (Wildman–Crippen LogP) is 3.44. The van der Waals surface area contributed by atoms with E-state index in [2.05, 4.69) is 18.3 Å². The fraction of sp³-hybridized carbons (Fsp3) is 0.462. The van der Waals surface area contributed by atoms with Crippen LogP contribution in [0.25, 0.3) is 0 Å². The van der Waals surface area contributed by atoms with Crippen LogP contribution in [0.15, 0.2) is 18.2 Å². The van der Waals surface area contributed by atoms with Gasteiger partial charge in [0.15, 0.2) is 0 Å². The SMILES string of the molecule is CCCC(COC)Nc1cccc(Cl)c1C#N. The Kier molecular flexibility index (Phi) is 5.82. The van der Waals surface area contributed by atoms with Crippen molar-refractivity contribution < 1.29 is 4.74 Å². The smallest absolute Gasteiger partial charge is 0.103 e. The number of benzene rings is 1. The third-order valence-electron chi connectivity index (χ3n) is 2.49. The zero-order valence-corrected chi connectivity index (χ0v) is 10.9. The van der Waals surface area contributed by atoms with Crippen molar-refractivity contribution in [3.63, 3.8) is 0 Å². The van der Waals surface area contributed by atoms with Crippen LogP contribution >= 0.6 is 11.6 Å². The summed E-state index contributed by atoms with van der Waals surface area (Å²) in [5.74, 6) is 0. The Hall–Kier alpha value is -1.24. The molecule has 0 aliphatic carbocycles. The van der Waals surface area contributed by atoms with Gasteiger partial charge in [-0.1, -0.05) is 31.0 Å². The Bertz CT molecular complexity index is 395. The highest BCUT2D eigenvalue weighted by atomic mass is 35.5. The third-order valence-corrected chi connectivity index (χ3v) is 2.80. The number of hydrogen-bond donors (Lipinski definition) is 1. The first-order valence-electron chi connectivity index (χ1n) is 5.67. The number of halogens is 1. The topological polar surface area (TPSA) is 45.0 Å². The number of nitriles is 1. The highest BCUT2D eigenvalue weighted by Gasteiger charge is 2.11. The van der Waals surface area contributed by atoms with E-state index in [4.69, 9.17) is 21.6 Å². The molecule has 0 bridgehead atoms. The minimum absolute atomic E-state index is 0.204. The molecule has 0 saturated heterocycles. The molecule has 0 aromatic heterocycles. The van der Waals surface area contributed by atoms with E-state index in [0.717, 1.165) is 18.5 Å². The lowest BCUT2D eigenvalue weighted by atomic mass is 10.1. The number of hydrogen-bond acceptors (Lipinski definition) is 3. The molecular formula is C13H17ClN2O. The number of ether oxygens (including phenoxy) is 1. The zero-order valence-electron chi connectivity index (χ0n) is 10.2. The second-order valence-corrected chi connectivity index (χ2v) is 4.27. The molecule has 1 aromatic rings. The van der Waals surface area contributed by atoms with Crippen LogP contribution in [0.5, 0.6) is 0 Å². The first-order valence-corrected chi connectivity index (χ1v) is 6.04. The second kappa shape index (κ2) is 7.16. The van der Waals surface area contributed by atoms with E-state index >= 15 is 0 Å². The Balaban J connectivity index is 2.85. The van der Waals surface area contributed by atoms with Gasteiger partial charge in [0.05, 0.1) is 22.9 Å². The maximum Gasteiger partial charge on any atom is 0.103 e. The van der Waals surface area contributed by atoms with Crippen LogP contribution in [-0.4, -0.2) is 19.8 Å². The third kappa shape index (κ3) is 3.92. The van der Waals surface area contributed by atoms with Gasteiger partial charge in [0.2, 0.25) is 0 Å². The quantitative estimate of drug-likeness (QED) is 0.844. The molecule has 0 heterocycles.